The number of rotatable bonds is 5. The number of ether oxygens (including phenoxy) is 2. The summed E-state index contributed by atoms with van der Waals surface area (Å²) in [5, 5.41) is 6.04. The number of anilines is 1. The second-order valence-corrected chi connectivity index (χ2v) is 6.27. The molecule has 0 spiro atoms. The highest BCUT2D eigenvalue weighted by molar-refractivity contribution is 6.32. The minimum atomic E-state index is -0.178. The third-order valence-electron chi connectivity index (χ3n) is 3.82. The van der Waals surface area contributed by atoms with Crippen molar-refractivity contribution in [3.05, 3.63) is 52.5 Å². The highest BCUT2D eigenvalue weighted by Gasteiger charge is 2.16. The molecule has 1 aliphatic rings. The van der Waals surface area contributed by atoms with Crippen molar-refractivity contribution in [2.75, 3.05) is 25.1 Å². The average molecular weight is 375 g/mol. The normalized spacial score (nSPS) is 12.4. The Hall–Kier alpha value is -2.73. The molecule has 2 N–H and O–H groups in total. The summed E-state index contributed by atoms with van der Waals surface area (Å²) in [5.41, 5.74) is 2.14. The van der Waals surface area contributed by atoms with E-state index >= 15 is 0 Å². The lowest BCUT2D eigenvalue weighted by atomic mass is 10.1. The van der Waals surface area contributed by atoms with Gasteiger partial charge in [-0.15, -0.1) is 0 Å². The van der Waals surface area contributed by atoms with Gasteiger partial charge in [-0.3, -0.25) is 9.59 Å². The van der Waals surface area contributed by atoms with Crippen LogP contribution in [-0.2, 0) is 11.2 Å². The molecule has 0 bridgehead atoms. The van der Waals surface area contributed by atoms with Crippen LogP contribution in [0.4, 0.5) is 5.69 Å². The van der Waals surface area contributed by atoms with Crippen molar-refractivity contribution in [2.24, 2.45) is 0 Å². The first-order valence-corrected chi connectivity index (χ1v) is 8.64. The van der Waals surface area contributed by atoms with Gasteiger partial charge in [-0.1, -0.05) is 11.6 Å². The van der Waals surface area contributed by atoms with Gasteiger partial charge in [0.05, 0.1) is 5.02 Å². The first-order chi connectivity index (χ1) is 12.5. The van der Waals surface area contributed by atoms with Gasteiger partial charge in [-0.05, 0) is 48.4 Å². The molecular formula is C19H19ClN2O4. The molecule has 1 heterocycles. The predicted molar refractivity (Wildman–Crippen MR) is 99.2 cm³/mol. The molecular weight excluding hydrogens is 356 g/mol. The minimum Gasteiger partial charge on any atom is -0.486 e. The number of hydrogen-bond donors (Lipinski definition) is 2. The molecule has 2 aromatic carbocycles. The Kier molecular flexibility index (Phi) is 5.63. The standard InChI is InChI=1S/C19H19ClN2O4/c1-12(23)22-15-4-2-14(3-5-15)19(24)21-7-6-13-10-16(20)18-17(11-13)25-8-9-26-18/h2-5,10-11H,6-9H2,1H3,(H,21,24)(H,22,23). The SMILES string of the molecule is CC(=O)Nc1ccc(C(=O)NCCc2cc(Cl)c3c(c2)OCCO3)cc1. The van der Waals surface area contributed by atoms with Gasteiger partial charge in [0, 0.05) is 24.7 Å². The minimum absolute atomic E-state index is 0.153. The molecule has 0 radical (unpaired) electrons. The number of carbonyl (C=O) groups is 2. The summed E-state index contributed by atoms with van der Waals surface area (Å²) in [4.78, 5) is 23.2. The van der Waals surface area contributed by atoms with Crippen LogP contribution >= 0.6 is 11.6 Å². The van der Waals surface area contributed by atoms with E-state index in [0.29, 0.717) is 54.0 Å². The van der Waals surface area contributed by atoms with Crippen molar-refractivity contribution in [3.8, 4) is 11.5 Å². The van der Waals surface area contributed by atoms with Crippen LogP contribution in [0.2, 0.25) is 5.02 Å². The summed E-state index contributed by atoms with van der Waals surface area (Å²) in [6.45, 7) is 2.88. The van der Waals surface area contributed by atoms with E-state index in [0.717, 1.165) is 5.56 Å². The van der Waals surface area contributed by atoms with E-state index in [-0.39, 0.29) is 11.8 Å². The molecule has 26 heavy (non-hydrogen) atoms. The van der Waals surface area contributed by atoms with Crippen LogP contribution in [0.25, 0.3) is 0 Å². The Morgan fingerprint density at radius 2 is 1.85 bits per heavy atom. The summed E-state index contributed by atoms with van der Waals surface area (Å²) in [5.74, 6) is 0.881. The second kappa shape index (κ2) is 8.10. The lowest BCUT2D eigenvalue weighted by Gasteiger charge is -2.20. The first kappa shape index (κ1) is 18.1. The molecule has 0 saturated carbocycles. The largest absolute Gasteiger partial charge is 0.486 e. The van der Waals surface area contributed by atoms with Crippen molar-refractivity contribution < 1.29 is 19.1 Å². The van der Waals surface area contributed by atoms with Crippen molar-refractivity contribution in [3.63, 3.8) is 0 Å². The quantitative estimate of drug-likeness (QED) is 0.843. The van der Waals surface area contributed by atoms with Crippen LogP contribution in [0.15, 0.2) is 36.4 Å². The molecule has 2 aromatic rings. The third kappa shape index (κ3) is 4.46. The fraction of sp³-hybridized carbons (Fsp3) is 0.263. The number of hydrogen-bond acceptors (Lipinski definition) is 4. The lowest BCUT2D eigenvalue weighted by Crippen LogP contribution is -2.25. The van der Waals surface area contributed by atoms with Gasteiger partial charge in [0.1, 0.15) is 13.2 Å². The summed E-state index contributed by atoms with van der Waals surface area (Å²) >= 11 is 6.21. The second-order valence-electron chi connectivity index (χ2n) is 5.87. The molecule has 1 aliphatic heterocycles. The highest BCUT2D eigenvalue weighted by atomic mass is 35.5. The number of nitrogens with one attached hydrogen (secondary N) is 2. The predicted octanol–water partition coefficient (Wildman–Crippen LogP) is 3.04. The monoisotopic (exact) mass is 374 g/mol. The van der Waals surface area contributed by atoms with Crippen molar-refractivity contribution in [1.82, 2.24) is 5.32 Å². The smallest absolute Gasteiger partial charge is 0.251 e. The third-order valence-corrected chi connectivity index (χ3v) is 4.10. The number of benzene rings is 2. The van der Waals surface area contributed by atoms with E-state index in [1.807, 2.05) is 12.1 Å². The maximum absolute atomic E-state index is 12.2. The zero-order valence-electron chi connectivity index (χ0n) is 14.3. The van der Waals surface area contributed by atoms with Crippen molar-refractivity contribution in [2.45, 2.75) is 13.3 Å². The van der Waals surface area contributed by atoms with Crippen molar-refractivity contribution in [1.29, 1.82) is 0 Å². The number of halogens is 1. The van der Waals surface area contributed by atoms with Crippen LogP contribution in [-0.4, -0.2) is 31.6 Å². The van der Waals surface area contributed by atoms with Crippen LogP contribution < -0.4 is 20.1 Å². The van der Waals surface area contributed by atoms with Crippen LogP contribution in [0.3, 0.4) is 0 Å². The Bertz CT molecular complexity index is 821. The zero-order valence-corrected chi connectivity index (χ0v) is 15.1. The summed E-state index contributed by atoms with van der Waals surface area (Å²) in [6.07, 6.45) is 0.617. The van der Waals surface area contributed by atoms with Crippen LogP contribution in [0.1, 0.15) is 22.8 Å². The van der Waals surface area contributed by atoms with Crippen molar-refractivity contribution >= 4 is 29.1 Å². The zero-order chi connectivity index (χ0) is 18.5. The topological polar surface area (TPSA) is 76.7 Å². The molecule has 136 valence electrons. The molecule has 0 aromatic heterocycles. The van der Waals surface area contributed by atoms with Gasteiger partial charge < -0.3 is 20.1 Å². The molecule has 0 fully saturated rings. The Morgan fingerprint density at radius 3 is 2.58 bits per heavy atom. The average Bonchev–Trinajstić information content (AvgIpc) is 2.62. The maximum Gasteiger partial charge on any atom is 0.251 e. The summed E-state index contributed by atoms with van der Waals surface area (Å²) in [7, 11) is 0. The molecule has 6 nitrogen and oxygen atoms in total. The molecule has 0 aliphatic carbocycles. The Balaban J connectivity index is 1.55. The summed E-state index contributed by atoms with van der Waals surface area (Å²) in [6, 6.07) is 10.4. The molecule has 0 unspecified atom stereocenters. The van der Waals surface area contributed by atoms with E-state index in [1.165, 1.54) is 6.92 Å². The molecule has 7 heteroatoms. The number of amides is 2. The fourth-order valence-corrected chi connectivity index (χ4v) is 2.93. The van der Waals surface area contributed by atoms with E-state index < -0.39 is 0 Å². The first-order valence-electron chi connectivity index (χ1n) is 8.27. The fourth-order valence-electron chi connectivity index (χ4n) is 2.64. The summed E-state index contributed by atoms with van der Waals surface area (Å²) < 4.78 is 11.0. The Labute approximate surface area is 156 Å². The number of carbonyl (C=O) groups excluding carboxylic acids is 2. The van der Waals surface area contributed by atoms with Gasteiger partial charge in [0.2, 0.25) is 5.91 Å². The van der Waals surface area contributed by atoms with Crippen LogP contribution in [0, 0.1) is 0 Å². The van der Waals surface area contributed by atoms with Gasteiger partial charge in [0.15, 0.2) is 11.5 Å². The van der Waals surface area contributed by atoms with E-state index in [2.05, 4.69) is 10.6 Å². The molecule has 0 saturated heterocycles. The number of fused-ring (bicyclic) bond motifs is 1. The lowest BCUT2D eigenvalue weighted by molar-refractivity contribution is -0.114. The van der Waals surface area contributed by atoms with E-state index in [1.54, 1.807) is 24.3 Å². The molecule has 3 rings (SSSR count). The highest BCUT2D eigenvalue weighted by Crippen LogP contribution is 2.38. The maximum atomic E-state index is 12.2. The van der Waals surface area contributed by atoms with Gasteiger partial charge in [-0.25, -0.2) is 0 Å². The van der Waals surface area contributed by atoms with Crippen LogP contribution in [0.5, 0.6) is 11.5 Å². The molecule has 2 amide bonds. The van der Waals surface area contributed by atoms with E-state index in [4.69, 9.17) is 21.1 Å². The van der Waals surface area contributed by atoms with Gasteiger partial charge in [-0.2, -0.15) is 0 Å². The van der Waals surface area contributed by atoms with Gasteiger partial charge in [0.25, 0.3) is 5.91 Å². The van der Waals surface area contributed by atoms with E-state index in [9.17, 15) is 9.59 Å². The van der Waals surface area contributed by atoms with Gasteiger partial charge >= 0.3 is 0 Å². The Morgan fingerprint density at radius 1 is 1.12 bits per heavy atom. The molecule has 0 atom stereocenters.